The Morgan fingerprint density at radius 3 is 2.82 bits per heavy atom. The van der Waals surface area contributed by atoms with E-state index in [9.17, 15) is 10.2 Å². The first kappa shape index (κ1) is 10.0. The fraction of sp³-hybridized carbons (Fsp3) is 0.100. The second kappa shape index (κ2) is 3.42. The maximum atomic E-state index is 9.73. The molecule has 3 aromatic rings. The van der Waals surface area contributed by atoms with Crippen LogP contribution in [-0.4, -0.2) is 30.0 Å². The Kier molecular flexibility index (Phi) is 2.02. The minimum Gasteiger partial charge on any atom is -0.508 e. The zero-order valence-electron chi connectivity index (χ0n) is 8.82. The third-order valence-electron chi connectivity index (χ3n) is 2.36. The van der Waals surface area contributed by atoms with Gasteiger partial charge >= 0.3 is 0 Å². The molecule has 2 N–H and O–H groups in total. The van der Waals surface area contributed by atoms with Crippen molar-refractivity contribution in [2.45, 2.75) is 6.92 Å². The number of aromatic hydroxyl groups is 2. The van der Waals surface area contributed by atoms with Crippen molar-refractivity contribution in [1.29, 1.82) is 0 Å². The molecule has 6 nitrogen and oxygen atoms in total. The molecular formula is C10H8N4O2S. The first-order valence-electron chi connectivity index (χ1n) is 4.86. The van der Waals surface area contributed by atoms with Crippen LogP contribution >= 0.6 is 11.3 Å². The summed E-state index contributed by atoms with van der Waals surface area (Å²) in [5.74, 6) is 0.841. The number of nitrogens with zero attached hydrogens (tertiary/aromatic N) is 4. The molecule has 2 aromatic heterocycles. The van der Waals surface area contributed by atoms with E-state index in [0.29, 0.717) is 21.4 Å². The molecule has 0 atom stereocenters. The van der Waals surface area contributed by atoms with Crippen LogP contribution in [0.25, 0.3) is 15.5 Å². The molecule has 17 heavy (non-hydrogen) atoms. The highest BCUT2D eigenvalue weighted by Gasteiger charge is 2.13. The van der Waals surface area contributed by atoms with Gasteiger partial charge in [-0.25, -0.2) is 0 Å². The second-order valence-corrected chi connectivity index (χ2v) is 4.51. The monoisotopic (exact) mass is 248 g/mol. The van der Waals surface area contributed by atoms with Crippen LogP contribution in [0, 0.1) is 6.92 Å². The largest absolute Gasteiger partial charge is 0.508 e. The summed E-state index contributed by atoms with van der Waals surface area (Å²) in [5.41, 5.74) is 0.486. The first-order valence-corrected chi connectivity index (χ1v) is 5.68. The molecule has 86 valence electrons. The van der Waals surface area contributed by atoms with Gasteiger partial charge < -0.3 is 10.2 Å². The van der Waals surface area contributed by atoms with Gasteiger partial charge in [-0.2, -0.15) is 9.61 Å². The summed E-state index contributed by atoms with van der Waals surface area (Å²) in [6.45, 7) is 1.80. The quantitative estimate of drug-likeness (QED) is 0.639. The normalized spacial score (nSPS) is 11.1. The Labute approximate surface area is 99.8 Å². The minimum absolute atomic E-state index is 0.0745. The van der Waals surface area contributed by atoms with Gasteiger partial charge in [0, 0.05) is 0 Å². The highest BCUT2D eigenvalue weighted by molar-refractivity contribution is 7.19. The molecule has 0 saturated heterocycles. The van der Waals surface area contributed by atoms with Crippen LogP contribution in [0.4, 0.5) is 0 Å². The van der Waals surface area contributed by atoms with Crippen molar-refractivity contribution in [3.63, 3.8) is 0 Å². The zero-order chi connectivity index (χ0) is 12.0. The molecule has 0 saturated carbocycles. The van der Waals surface area contributed by atoms with Gasteiger partial charge in [0.15, 0.2) is 10.8 Å². The third kappa shape index (κ3) is 1.51. The molecule has 1 aromatic carbocycles. The summed E-state index contributed by atoms with van der Waals surface area (Å²) in [5, 5.41) is 31.8. The Hall–Kier alpha value is -2.15. The lowest BCUT2D eigenvalue weighted by Gasteiger charge is -2.00. The lowest BCUT2D eigenvalue weighted by Crippen LogP contribution is -1.88. The summed E-state index contributed by atoms with van der Waals surface area (Å²) < 4.78 is 1.60. The molecule has 0 aliphatic heterocycles. The van der Waals surface area contributed by atoms with E-state index in [0.717, 1.165) is 0 Å². The summed E-state index contributed by atoms with van der Waals surface area (Å²) in [6, 6.07) is 4.32. The maximum Gasteiger partial charge on any atom is 0.234 e. The number of phenolic OH excluding ortho intramolecular Hbond substituents is 2. The average molecular weight is 248 g/mol. The van der Waals surface area contributed by atoms with Gasteiger partial charge in [0.25, 0.3) is 0 Å². The molecule has 0 aliphatic rings. The topological polar surface area (TPSA) is 83.5 Å². The second-order valence-electron chi connectivity index (χ2n) is 3.55. The van der Waals surface area contributed by atoms with E-state index in [1.165, 1.54) is 29.5 Å². The molecule has 0 bridgehead atoms. The van der Waals surface area contributed by atoms with Gasteiger partial charge in [-0.15, -0.1) is 10.2 Å². The van der Waals surface area contributed by atoms with Crippen molar-refractivity contribution < 1.29 is 10.2 Å². The van der Waals surface area contributed by atoms with Gasteiger partial charge in [0.2, 0.25) is 4.96 Å². The van der Waals surface area contributed by atoms with Crippen LogP contribution in [-0.2, 0) is 0 Å². The van der Waals surface area contributed by atoms with E-state index in [2.05, 4.69) is 15.3 Å². The van der Waals surface area contributed by atoms with Gasteiger partial charge in [-0.05, 0) is 25.1 Å². The van der Waals surface area contributed by atoms with Crippen molar-refractivity contribution in [1.82, 2.24) is 19.8 Å². The van der Waals surface area contributed by atoms with E-state index in [4.69, 9.17) is 0 Å². The van der Waals surface area contributed by atoms with Crippen molar-refractivity contribution in [2.75, 3.05) is 0 Å². The SMILES string of the molecule is Cc1nnc2sc(-c3cc(O)ccc3O)nn12. The molecule has 2 heterocycles. The number of rotatable bonds is 1. The molecule has 0 aliphatic carbocycles. The van der Waals surface area contributed by atoms with Gasteiger partial charge in [-0.1, -0.05) is 11.3 Å². The number of benzene rings is 1. The number of hydrogen-bond donors (Lipinski definition) is 2. The lowest BCUT2D eigenvalue weighted by atomic mass is 10.2. The molecule has 7 heteroatoms. The fourth-order valence-corrected chi connectivity index (χ4v) is 2.43. The van der Waals surface area contributed by atoms with E-state index in [1.807, 2.05) is 0 Å². The van der Waals surface area contributed by atoms with Crippen molar-refractivity contribution in [2.24, 2.45) is 0 Å². The highest BCUT2D eigenvalue weighted by atomic mass is 32.1. The smallest absolute Gasteiger partial charge is 0.234 e. The van der Waals surface area contributed by atoms with Crippen molar-refractivity contribution in [3.8, 4) is 22.1 Å². The summed E-state index contributed by atoms with van der Waals surface area (Å²) in [6.07, 6.45) is 0. The zero-order valence-corrected chi connectivity index (χ0v) is 9.64. The molecular weight excluding hydrogens is 240 g/mol. The molecule has 0 radical (unpaired) electrons. The number of phenols is 2. The standard InChI is InChI=1S/C10H8N4O2S/c1-5-11-12-10-14(5)13-9(17-10)7-4-6(15)2-3-8(7)16/h2-4,15-16H,1H3. The number of hydrogen-bond acceptors (Lipinski definition) is 6. The van der Waals surface area contributed by atoms with Crippen LogP contribution in [0.5, 0.6) is 11.5 Å². The Balaban J connectivity index is 2.23. The maximum absolute atomic E-state index is 9.73. The minimum atomic E-state index is 0.0745. The molecule has 0 spiro atoms. The Bertz CT molecular complexity index is 703. The number of aromatic nitrogens is 4. The summed E-state index contributed by atoms with van der Waals surface area (Å²) in [4.78, 5) is 0.653. The van der Waals surface area contributed by atoms with Crippen LogP contribution < -0.4 is 0 Å². The number of aryl methyl sites for hydroxylation is 1. The van der Waals surface area contributed by atoms with Crippen molar-refractivity contribution >= 4 is 16.3 Å². The van der Waals surface area contributed by atoms with Crippen LogP contribution in [0.3, 0.4) is 0 Å². The Morgan fingerprint density at radius 1 is 1.24 bits per heavy atom. The molecule has 0 fully saturated rings. The number of fused-ring (bicyclic) bond motifs is 1. The Morgan fingerprint density at radius 2 is 2.06 bits per heavy atom. The summed E-state index contributed by atoms with van der Waals surface area (Å²) >= 11 is 1.30. The average Bonchev–Trinajstić information content (AvgIpc) is 2.85. The van der Waals surface area contributed by atoms with Crippen molar-refractivity contribution in [3.05, 3.63) is 24.0 Å². The summed E-state index contributed by atoms with van der Waals surface area (Å²) in [7, 11) is 0. The predicted octanol–water partition coefficient (Wildman–Crippen LogP) is 1.57. The lowest BCUT2D eigenvalue weighted by molar-refractivity contribution is 0.462. The van der Waals surface area contributed by atoms with Gasteiger partial charge in [-0.3, -0.25) is 0 Å². The van der Waals surface area contributed by atoms with E-state index >= 15 is 0 Å². The van der Waals surface area contributed by atoms with E-state index in [-0.39, 0.29) is 11.5 Å². The highest BCUT2D eigenvalue weighted by Crippen LogP contribution is 2.34. The molecule has 3 rings (SSSR count). The fourth-order valence-electron chi connectivity index (χ4n) is 1.52. The van der Waals surface area contributed by atoms with Gasteiger partial charge in [0.1, 0.15) is 11.5 Å². The van der Waals surface area contributed by atoms with Crippen LogP contribution in [0.15, 0.2) is 18.2 Å². The predicted molar refractivity (Wildman–Crippen MR) is 62.2 cm³/mol. The van der Waals surface area contributed by atoms with E-state index in [1.54, 1.807) is 11.4 Å². The molecule has 0 unspecified atom stereocenters. The van der Waals surface area contributed by atoms with E-state index < -0.39 is 0 Å². The van der Waals surface area contributed by atoms with Crippen LogP contribution in [0.2, 0.25) is 0 Å². The molecule has 0 amide bonds. The third-order valence-corrected chi connectivity index (χ3v) is 3.29. The first-order chi connectivity index (χ1) is 8.15. The van der Waals surface area contributed by atoms with Crippen LogP contribution in [0.1, 0.15) is 5.82 Å². The van der Waals surface area contributed by atoms with Gasteiger partial charge in [0.05, 0.1) is 5.56 Å².